The Hall–Kier alpha value is -2.36. The lowest BCUT2D eigenvalue weighted by Crippen LogP contribution is -2.39. The Balaban J connectivity index is 1.89. The van der Waals surface area contributed by atoms with Crippen molar-refractivity contribution in [2.75, 3.05) is 0 Å². The van der Waals surface area contributed by atoms with E-state index in [0.29, 0.717) is 0 Å². The van der Waals surface area contributed by atoms with E-state index in [1.165, 1.54) is 0 Å². The summed E-state index contributed by atoms with van der Waals surface area (Å²) < 4.78 is 5.42. The molecular weight excluding hydrogens is 288 g/mol. The van der Waals surface area contributed by atoms with Crippen LogP contribution < -0.4 is 5.32 Å². The zero-order valence-corrected chi connectivity index (χ0v) is 13.8. The smallest absolute Gasteiger partial charge is 0.408 e. The van der Waals surface area contributed by atoms with Gasteiger partial charge in [-0.15, -0.1) is 0 Å². The molecule has 0 atom stereocenters. The lowest BCUT2D eigenvalue weighted by atomic mass is 9.94. The van der Waals surface area contributed by atoms with Crippen LogP contribution in [0.2, 0.25) is 0 Å². The summed E-state index contributed by atoms with van der Waals surface area (Å²) in [6, 6.07) is 12.2. The molecule has 1 aliphatic rings. The Morgan fingerprint density at radius 3 is 2.39 bits per heavy atom. The molecule has 120 valence electrons. The second kappa shape index (κ2) is 5.69. The molecule has 0 unspecified atom stereocenters. The molecule has 1 aromatic carbocycles. The van der Waals surface area contributed by atoms with E-state index in [2.05, 4.69) is 22.4 Å². The predicted octanol–water partition coefficient (Wildman–Crippen LogP) is 4.26. The predicted molar refractivity (Wildman–Crippen MR) is 90.0 cm³/mol. The van der Waals surface area contributed by atoms with E-state index in [0.717, 1.165) is 29.5 Å². The molecule has 1 saturated carbocycles. The van der Waals surface area contributed by atoms with Crippen LogP contribution in [0.15, 0.2) is 48.8 Å². The van der Waals surface area contributed by atoms with Gasteiger partial charge in [0.05, 0.1) is 5.54 Å². The first-order valence-electron chi connectivity index (χ1n) is 7.91. The first-order chi connectivity index (χ1) is 10.9. The first-order valence-corrected chi connectivity index (χ1v) is 7.91. The fraction of sp³-hybridized carbons (Fsp3) is 0.368. The van der Waals surface area contributed by atoms with Crippen molar-refractivity contribution in [1.29, 1.82) is 0 Å². The van der Waals surface area contributed by atoms with Gasteiger partial charge < -0.3 is 10.1 Å². The number of rotatable bonds is 3. The Bertz CT molecular complexity index is 701. The third kappa shape index (κ3) is 3.52. The van der Waals surface area contributed by atoms with Gasteiger partial charge in [-0.05, 0) is 62.4 Å². The van der Waals surface area contributed by atoms with E-state index in [1.807, 2.05) is 45.0 Å². The van der Waals surface area contributed by atoms with Gasteiger partial charge in [-0.3, -0.25) is 4.98 Å². The SMILES string of the molecule is CC(C)(C)OC(=O)NC1(c2ccccc2-c2ccncc2)CC1. The molecule has 0 aliphatic heterocycles. The van der Waals surface area contributed by atoms with Crippen molar-refractivity contribution in [1.82, 2.24) is 10.3 Å². The lowest BCUT2D eigenvalue weighted by Gasteiger charge is -2.25. The molecule has 1 fully saturated rings. The van der Waals surface area contributed by atoms with E-state index in [-0.39, 0.29) is 11.6 Å². The maximum absolute atomic E-state index is 12.2. The summed E-state index contributed by atoms with van der Waals surface area (Å²) in [7, 11) is 0. The first kappa shape index (κ1) is 15.5. The quantitative estimate of drug-likeness (QED) is 0.921. The molecule has 1 aliphatic carbocycles. The maximum atomic E-state index is 12.2. The molecule has 2 aromatic rings. The van der Waals surface area contributed by atoms with Crippen LogP contribution in [0, 0.1) is 0 Å². The van der Waals surface area contributed by atoms with Crippen molar-refractivity contribution in [2.45, 2.75) is 44.8 Å². The average Bonchev–Trinajstić information content (AvgIpc) is 3.27. The Morgan fingerprint density at radius 1 is 1.13 bits per heavy atom. The van der Waals surface area contributed by atoms with Crippen LogP contribution in [0.25, 0.3) is 11.1 Å². The number of ether oxygens (including phenoxy) is 1. The van der Waals surface area contributed by atoms with E-state index in [4.69, 9.17) is 4.74 Å². The Morgan fingerprint density at radius 2 is 1.78 bits per heavy atom. The molecule has 1 heterocycles. The maximum Gasteiger partial charge on any atom is 0.408 e. The molecule has 0 radical (unpaired) electrons. The van der Waals surface area contributed by atoms with Crippen LogP contribution in [-0.4, -0.2) is 16.7 Å². The molecule has 0 saturated heterocycles. The summed E-state index contributed by atoms with van der Waals surface area (Å²) in [4.78, 5) is 16.3. The highest BCUT2D eigenvalue weighted by atomic mass is 16.6. The number of alkyl carbamates (subject to hydrolysis) is 1. The summed E-state index contributed by atoms with van der Waals surface area (Å²) in [6.07, 6.45) is 5.06. The number of benzene rings is 1. The summed E-state index contributed by atoms with van der Waals surface area (Å²) in [5.74, 6) is 0. The zero-order valence-electron chi connectivity index (χ0n) is 13.8. The molecule has 0 bridgehead atoms. The topological polar surface area (TPSA) is 51.2 Å². The van der Waals surface area contributed by atoms with Crippen molar-refractivity contribution < 1.29 is 9.53 Å². The standard InChI is InChI=1S/C19H22N2O2/c1-18(2,3)23-17(22)21-19(10-11-19)16-7-5-4-6-15(16)14-8-12-20-13-9-14/h4-9,12-13H,10-11H2,1-3H3,(H,21,22). The van der Waals surface area contributed by atoms with Crippen LogP contribution in [0.5, 0.6) is 0 Å². The van der Waals surface area contributed by atoms with Crippen LogP contribution >= 0.6 is 0 Å². The van der Waals surface area contributed by atoms with Crippen LogP contribution in [0.1, 0.15) is 39.2 Å². The number of nitrogens with one attached hydrogen (secondary N) is 1. The van der Waals surface area contributed by atoms with Gasteiger partial charge >= 0.3 is 6.09 Å². The minimum atomic E-state index is -0.495. The molecule has 4 nitrogen and oxygen atoms in total. The monoisotopic (exact) mass is 310 g/mol. The van der Waals surface area contributed by atoms with Crippen molar-refractivity contribution >= 4 is 6.09 Å². The number of carbonyl (C=O) groups is 1. The van der Waals surface area contributed by atoms with Gasteiger partial charge in [-0.1, -0.05) is 24.3 Å². The molecule has 3 rings (SSSR count). The molecule has 1 aromatic heterocycles. The number of amides is 1. The molecule has 23 heavy (non-hydrogen) atoms. The van der Waals surface area contributed by atoms with Gasteiger partial charge in [0.25, 0.3) is 0 Å². The van der Waals surface area contributed by atoms with E-state index < -0.39 is 5.60 Å². The van der Waals surface area contributed by atoms with E-state index in [9.17, 15) is 4.79 Å². The van der Waals surface area contributed by atoms with Gasteiger partial charge in [0.1, 0.15) is 5.60 Å². The number of hydrogen-bond donors (Lipinski definition) is 1. The fourth-order valence-corrected chi connectivity index (χ4v) is 2.77. The minimum absolute atomic E-state index is 0.317. The van der Waals surface area contributed by atoms with Gasteiger partial charge in [0.2, 0.25) is 0 Å². The third-order valence-electron chi connectivity index (χ3n) is 3.92. The van der Waals surface area contributed by atoms with Crippen LogP contribution in [-0.2, 0) is 10.3 Å². The second-order valence-electron chi connectivity index (χ2n) is 6.99. The van der Waals surface area contributed by atoms with Gasteiger partial charge in [-0.25, -0.2) is 4.79 Å². The van der Waals surface area contributed by atoms with Crippen LogP contribution in [0.4, 0.5) is 4.79 Å². The normalized spacial score (nSPS) is 15.8. The van der Waals surface area contributed by atoms with Crippen molar-refractivity contribution in [2.24, 2.45) is 0 Å². The second-order valence-corrected chi connectivity index (χ2v) is 6.99. The summed E-state index contributed by atoms with van der Waals surface area (Å²) >= 11 is 0. The van der Waals surface area contributed by atoms with Gasteiger partial charge in [0, 0.05) is 12.4 Å². The van der Waals surface area contributed by atoms with Gasteiger partial charge in [-0.2, -0.15) is 0 Å². The summed E-state index contributed by atoms with van der Waals surface area (Å²) in [6.45, 7) is 5.62. The number of carbonyl (C=O) groups excluding carboxylic acids is 1. The Labute approximate surface area is 136 Å². The van der Waals surface area contributed by atoms with Gasteiger partial charge in [0.15, 0.2) is 0 Å². The number of nitrogens with zero attached hydrogens (tertiary/aromatic N) is 1. The van der Waals surface area contributed by atoms with Crippen molar-refractivity contribution in [3.63, 3.8) is 0 Å². The van der Waals surface area contributed by atoms with E-state index in [1.54, 1.807) is 12.4 Å². The van der Waals surface area contributed by atoms with Crippen molar-refractivity contribution in [3.05, 3.63) is 54.4 Å². The number of pyridine rings is 1. The molecular formula is C19H22N2O2. The van der Waals surface area contributed by atoms with Crippen LogP contribution in [0.3, 0.4) is 0 Å². The minimum Gasteiger partial charge on any atom is -0.444 e. The molecule has 1 N–H and O–H groups in total. The molecule has 1 amide bonds. The highest BCUT2D eigenvalue weighted by Crippen LogP contribution is 2.48. The zero-order chi connectivity index (χ0) is 16.5. The summed E-state index contributed by atoms with van der Waals surface area (Å²) in [5.41, 5.74) is 2.56. The largest absolute Gasteiger partial charge is 0.444 e. The molecule has 4 heteroatoms. The average molecular weight is 310 g/mol. The number of aromatic nitrogens is 1. The Kier molecular flexibility index (Phi) is 3.84. The summed E-state index contributed by atoms with van der Waals surface area (Å²) in [5, 5.41) is 3.07. The molecule has 0 spiro atoms. The number of hydrogen-bond acceptors (Lipinski definition) is 3. The lowest BCUT2D eigenvalue weighted by molar-refractivity contribution is 0.0495. The third-order valence-corrected chi connectivity index (χ3v) is 3.92. The van der Waals surface area contributed by atoms with Crippen molar-refractivity contribution in [3.8, 4) is 11.1 Å². The van der Waals surface area contributed by atoms with E-state index >= 15 is 0 Å². The highest BCUT2D eigenvalue weighted by molar-refractivity contribution is 5.74. The highest BCUT2D eigenvalue weighted by Gasteiger charge is 2.47. The fourth-order valence-electron chi connectivity index (χ4n) is 2.77.